The predicted molar refractivity (Wildman–Crippen MR) is 123 cm³/mol. The number of aromatic hydroxyl groups is 1. The first-order valence-corrected chi connectivity index (χ1v) is 9.85. The summed E-state index contributed by atoms with van der Waals surface area (Å²) >= 11 is 0. The SMILES string of the molecule is COc1ccc(-c2c(-c3ccc(O)cc3)c[c]c(OC)c2-c2cccc(OC)c2)cc1. The zero-order valence-corrected chi connectivity index (χ0v) is 17.7. The van der Waals surface area contributed by atoms with Crippen LogP contribution < -0.4 is 14.2 Å². The summed E-state index contributed by atoms with van der Waals surface area (Å²) < 4.78 is 16.5. The van der Waals surface area contributed by atoms with Crippen LogP contribution in [-0.4, -0.2) is 26.4 Å². The number of rotatable bonds is 6. The zero-order chi connectivity index (χ0) is 21.8. The predicted octanol–water partition coefficient (Wildman–Crippen LogP) is 6.22. The Bertz CT molecular complexity index is 1180. The fourth-order valence-corrected chi connectivity index (χ4v) is 3.67. The van der Waals surface area contributed by atoms with E-state index in [1.165, 1.54) is 0 Å². The summed E-state index contributed by atoms with van der Waals surface area (Å²) in [5.41, 5.74) is 5.82. The molecule has 0 aromatic heterocycles. The first-order chi connectivity index (χ1) is 15.1. The van der Waals surface area contributed by atoms with Gasteiger partial charge in [0, 0.05) is 17.2 Å². The van der Waals surface area contributed by atoms with E-state index in [2.05, 4.69) is 6.07 Å². The fraction of sp³-hybridized carbons (Fsp3) is 0.111. The molecule has 4 heteroatoms. The smallest absolute Gasteiger partial charge is 0.135 e. The van der Waals surface area contributed by atoms with Gasteiger partial charge in [-0.15, -0.1) is 0 Å². The monoisotopic (exact) mass is 411 g/mol. The van der Waals surface area contributed by atoms with Crippen molar-refractivity contribution in [3.05, 3.63) is 84.9 Å². The molecule has 0 fully saturated rings. The van der Waals surface area contributed by atoms with Gasteiger partial charge in [0.15, 0.2) is 0 Å². The maximum atomic E-state index is 9.76. The number of ether oxygens (including phenoxy) is 3. The molecule has 155 valence electrons. The van der Waals surface area contributed by atoms with Crippen molar-refractivity contribution in [3.8, 4) is 56.4 Å². The van der Waals surface area contributed by atoms with Crippen LogP contribution in [0.15, 0.2) is 78.9 Å². The molecule has 4 rings (SSSR count). The van der Waals surface area contributed by atoms with Crippen LogP contribution in [0.4, 0.5) is 0 Å². The second-order valence-corrected chi connectivity index (χ2v) is 6.99. The van der Waals surface area contributed by atoms with E-state index in [-0.39, 0.29) is 5.75 Å². The van der Waals surface area contributed by atoms with E-state index < -0.39 is 0 Å². The molecular weight excluding hydrogens is 388 g/mol. The molecule has 0 amide bonds. The third-order valence-electron chi connectivity index (χ3n) is 5.21. The maximum Gasteiger partial charge on any atom is 0.135 e. The lowest BCUT2D eigenvalue weighted by molar-refractivity contribution is 0.413. The highest BCUT2D eigenvalue weighted by atomic mass is 16.5. The van der Waals surface area contributed by atoms with Crippen molar-refractivity contribution in [1.82, 2.24) is 0 Å². The van der Waals surface area contributed by atoms with E-state index in [0.717, 1.165) is 44.9 Å². The molecule has 31 heavy (non-hydrogen) atoms. The average molecular weight is 411 g/mol. The molecule has 0 saturated carbocycles. The minimum absolute atomic E-state index is 0.222. The van der Waals surface area contributed by atoms with Crippen molar-refractivity contribution in [2.75, 3.05) is 21.3 Å². The summed E-state index contributed by atoms with van der Waals surface area (Å²) in [6.45, 7) is 0. The van der Waals surface area contributed by atoms with Gasteiger partial charge < -0.3 is 19.3 Å². The highest BCUT2D eigenvalue weighted by molar-refractivity contribution is 5.97. The van der Waals surface area contributed by atoms with E-state index in [0.29, 0.717) is 5.75 Å². The van der Waals surface area contributed by atoms with Crippen LogP contribution in [0.1, 0.15) is 0 Å². The quantitative estimate of drug-likeness (QED) is 0.409. The number of benzene rings is 4. The fourth-order valence-electron chi connectivity index (χ4n) is 3.67. The average Bonchev–Trinajstić information content (AvgIpc) is 2.83. The van der Waals surface area contributed by atoms with Crippen LogP contribution in [0.25, 0.3) is 33.4 Å². The molecule has 4 aromatic carbocycles. The Hall–Kier alpha value is -3.92. The molecule has 1 N–H and O–H groups in total. The highest BCUT2D eigenvalue weighted by Gasteiger charge is 2.19. The van der Waals surface area contributed by atoms with Crippen molar-refractivity contribution in [2.45, 2.75) is 0 Å². The minimum atomic E-state index is 0.222. The molecule has 0 bridgehead atoms. The normalized spacial score (nSPS) is 10.5. The Balaban J connectivity index is 2.05. The molecular formula is C27H23O4. The van der Waals surface area contributed by atoms with Crippen molar-refractivity contribution in [3.63, 3.8) is 0 Å². The topological polar surface area (TPSA) is 47.9 Å². The molecule has 0 atom stereocenters. The van der Waals surface area contributed by atoms with Crippen LogP contribution >= 0.6 is 0 Å². The molecule has 0 aliphatic carbocycles. The Morgan fingerprint density at radius 3 is 1.97 bits per heavy atom. The molecule has 4 nitrogen and oxygen atoms in total. The lowest BCUT2D eigenvalue weighted by Crippen LogP contribution is -1.96. The number of hydrogen-bond donors (Lipinski definition) is 1. The Kier molecular flexibility index (Phi) is 5.80. The van der Waals surface area contributed by atoms with Gasteiger partial charge in [0.1, 0.15) is 23.0 Å². The number of phenolic OH excluding ortho intramolecular Hbond substituents is 1. The van der Waals surface area contributed by atoms with Gasteiger partial charge in [-0.2, -0.15) is 0 Å². The van der Waals surface area contributed by atoms with Gasteiger partial charge in [-0.1, -0.05) is 36.4 Å². The van der Waals surface area contributed by atoms with Crippen molar-refractivity contribution >= 4 is 0 Å². The third-order valence-corrected chi connectivity index (χ3v) is 5.21. The van der Waals surface area contributed by atoms with Gasteiger partial charge in [-0.3, -0.25) is 0 Å². The van der Waals surface area contributed by atoms with Crippen LogP contribution in [0.3, 0.4) is 0 Å². The third kappa shape index (κ3) is 4.05. The summed E-state index contributed by atoms with van der Waals surface area (Å²) in [6, 6.07) is 28.2. The Morgan fingerprint density at radius 2 is 1.32 bits per heavy atom. The Morgan fingerprint density at radius 1 is 0.645 bits per heavy atom. The molecule has 0 aliphatic heterocycles. The molecule has 0 heterocycles. The Labute approximate surface area is 182 Å². The highest BCUT2D eigenvalue weighted by Crippen LogP contribution is 2.46. The zero-order valence-electron chi connectivity index (χ0n) is 17.7. The van der Waals surface area contributed by atoms with Crippen LogP contribution in [0.5, 0.6) is 23.0 Å². The van der Waals surface area contributed by atoms with Crippen molar-refractivity contribution < 1.29 is 19.3 Å². The van der Waals surface area contributed by atoms with Crippen LogP contribution in [0.2, 0.25) is 0 Å². The van der Waals surface area contributed by atoms with Crippen LogP contribution in [-0.2, 0) is 0 Å². The first-order valence-electron chi connectivity index (χ1n) is 9.85. The van der Waals surface area contributed by atoms with Gasteiger partial charge in [0.25, 0.3) is 0 Å². The molecule has 1 radical (unpaired) electrons. The maximum absolute atomic E-state index is 9.76. The summed E-state index contributed by atoms with van der Waals surface area (Å²) in [5, 5.41) is 9.76. The summed E-state index contributed by atoms with van der Waals surface area (Å²) in [4.78, 5) is 0. The molecule has 0 saturated heterocycles. The van der Waals surface area contributed by atoms with Crippen molar-refractivity contribution in [2.24, 2.45) is 0 Å². The van der Waals surface area contributed by atoms with E-state index in [1.807, 2.05) is 66.7 Å². The lowest BCUT2D eigenvalue weighted by atomic mass is 9.87. The number of hydrogen-bond acceptors (Lipinski definition) is 4. The number of methoxy groups -OCH3 is 3. The molecule has 0 spiro atoms. The summed E-state index contributed by atoms with van der Waals surface area (Å²) in [7, 11) is 4.95. The molecule has 0 aliphatic rings. The molecule has 4 aromatic rings. The van der Waals surface area contributed by atoms with Gasteiger partial charge in [0.2, 0.25) is 0 Å². The van der Waals surface area contributed by atoms with Crippen molar-refractivity contribution in [1.29, 1.82) is 0 Å². The van der Waals surface area contributed by atoms with E-state index in [4.69, 9.17) is 14.2 Å². The molecule has 0 unspecified atom stereocenters. The number of phenols is 1. The second kappa shape index (κ2) is 8.84. The van der Waals surface area contributed by atoms with Gasteiger partial charge in [-0.25, -0.2) is 0 Å². The van der Waals surface area contributed by atoms with E-state index in [1.54, 1.807) is 33.5 Å². The minimum Gasteiger partial charge on any atom is -0.508 e. The van der Waals surface area contributed by atoms with E-state index >= 15 is 0 Å². The summed E-state index contributed by atoms with van der Waals surface area (Å²) in [6.07, 6.45) is 0. The van der Waals surface area contributed by atoms with Gasteiger partial charge in [0.05, 0.1) is 21.3 Å². The summed E-state index contributed by atoms with van der Waals surface area (Å²) in [5.74, 6) is 2.41. The van der Waals surface area contributed by atoms with Crippen LogP contribution in [0, 0.1) is 6.07 Å². The lowest BCUT2D eigenvalue weighted by Gasteiger charge is -2.19. The van der Waals surface area contributed by atoms with E-state index in [9.17, 15) is 5.11 Å². The van der Waals surface area contributed by atoms with Gasteiger partial charge >= 0.3 is 0 Å². The second-order valence-electron chi connectivity index (χ2n) is 6.99. The first kappa shape index (κ1) is 20.4. The van der Waals surface area contributed by atoms with Gasteiger partial charge in [-0.05, 0) is 64.7 Å². The standard InChI is InChI=1S/C27H23O4/c1-29-22-13-9-19(10-14-22)26-24(18-7-11-21(28)12-8-18)15-16-25(31-3)27(26)20-5-4-6-23(17-20)30-2/h4-15,17,28H,1-3H3. The largest absolute Gasteiger partial charge is 0.508 e.